The van der Waals surface area contributed by atoms with Crippen molar-refractivity contribution in [3.8, 4) is 0 Å². The van der Waals surface area contributed by atoms with Gasteiger partial charge in [0, 0.05) is 39.3 Å². The van der Waals surface area contributed by atoms with Gasteiger partial charge < -0.3 is 20.5 Å². The summed E-state index contributed by atoms with van der Waals surface area (Å²) >= 11 is 0. The molecule has 1 heterocycles. The number of hydrogen-bond donors (Lipinski definition) is 3. The molecule has 0 bridgehead atoms. The molecule has 0 saturated carbocycles. The molecule has 0 aliphatic heterocycles. The van der Waals surface area contributed by atoms with Crippen molar-refractivity contribution in [1.82, 2.24) is 25.5 Å². The molecule has 29 heavy (non-hydrogen) atoms. The van der Waals surface area contributed by atoms with Crippen LogP contribution < -0.4 is 16.0 Å². The van der Waals surface area contributed by atoms with Gasteiger partial charge in [-0.25, -0.2) is 4.98 Å². The van der Waals surface area contributed by atoms with Gasteiger partial charge in [0.2, 0.25) is 0 Å². The van der Waals surface area contributed by atoms with Gasteiger partial charge in [0.1, 0.15) is 0 Å². The maximum Gasteiger partial charge on any atom is 0.251 e. The molecule has 3 aromatic rings. The molecule has 0 radical (unpaired) electrons. The minimum Gasteiger partial charge on any atom is -0.356 e. The van der Waals surface area contributed by atoms with Crippen molar-refractivity contribution in [3.05, 3.63) is 66.0 Å². The Balaban J connectivity index is 1.40. The van der Waals surface area contributed by atoms with Gasteiger partial charge >= 0.3 is 0 Å². The number of hydrogen-bond acceptors (Lipinski definition) is 3. The van der Waals surface area contributed by atoms with E-state index in [1.54, 1.807) is 14.1 Å². The van der Waals surface area contributed by atoms with Crippen LogP contribution in [-0.2, 0) is 13.0 Å². The molecule has 0 atom stereocenters. The molecular formula is C22H28N6O. The molecule has 1 amide bonds. The molecule has 0 aliphatic carbocycles. The first-order chi connectivity index (χ1) is 14.2. The van der Waals surface area contributed by atoms with Gasteiger partial charge in [-0.15, -0.1) is 0 Å². The number of rotatable bonds is 8. The SMILES string of the molecule is CN=C(NCCCn1cnc2ccccc21)NCCc1cccc(C(=O)NC)c1. The predicted octanol–water partition coefficient (Wildman–Crippen LogP) is 2.19. The second kappa shape index (κ2) is 10.3. The van der Waals surface area contributed by atoms with Crippen LogP contribution in [0.5, 0.6) is 0 Å². The van der Waals surface area contributed by atoms with E-state index in [9.17, 15) is 4.79 Å². The number of nitrogens with zero attached hydrogens (tertiary/aromatic N) is 3. The molecule has 152 valence electrons. The average Bonchev–Trinajstić information content (AvgIpc) is 3.18. The molecule has 7 nitrogen and oxygen atoms in total. The van der Waals surface area contributed by atoms with Crippen LogP contribution in [0, 0.1) is 0 Å². The summed E-state index contributed by atoms with van der Waals surface area (Å²) in [6.07, 6.45) is 3.67. The number of nitrogens with one attached hydrogen (secondary N) is 3. The van der Waals surface area contributed by atoms with Crippen LogP contribution in [0.25, 0.3) is 11.0 Å². The van der Waals surface area contributed by atoms with Crippen LogP contribution in [0.15, 0.2) is 59.9 Å². The van der Waals surface area contributed by atoms with Gasteiger partial charge in [-0.05, 0) is 42.7 Å². The van der Waals surface area contributed by atoms with Crippen molar-refractivity contribution >= 4 is 22.9 Å². The zero-order valence-electron chi connectivity index (χ0n) is 17.0. The topological polar surface area (TPSA) is 83.3 Å². The second-order valence-corrected chi connectivity index (χ2v) is 6.74. The van der Waals surface area contributed by atoms with E-state index in [2.05, 4.69) is 36.6 Å². The first-order valence-corrected chi connectivity index (χ1v) is 9.86. The number of guanidine groups is 1. The van der Waals surface area contributed by atoms with Crippen molar-refractivity contribution < 1.29 is 4.79 Å². The van der Waals surface area contributed by atoms with E-state index in [0.717, 1.165) is 55.0 Å². The zero-order chi connectivity index (χ0) is 20.5. The number of fused-ring (bicyclic) bond motifs is 1. The van der Waals surface area contributed by atoms with Crippen LogP contribution >= 0.6 is 0 Å². The van der Waals surface area contributed by atoms with E-state index in [0.29, 0.717) is 5.56 Å². The number of aryl methyl sites for hydroxylation is 1. The lowest BCUT2D eigenvalue weighted by Crippen LogP contribution is -2.39. The Morgan fingerprint density at radius 3 is 2.76 bits per heavy atom. The first-order valence-electron chi connectivity index (χ1n) is 9.86. The number of imidazole rings is 1. The van der Waals surface area contributed by atoms with Crippen molar-refractivity contribution in [2.75, 3.05) is 27.2 Å². The van der Waals surface area contributed by atoms with Crippen molar-refractivity contribution in [2.45, 2.75) is 19.4 Å². The molecule has 0 spiro atoms. The molecular weight excluding hydrogens is 364 g/mol. The van der Waals surface area contributed by atoms with E-state index in [-0.39, 0.29) is 5.91 Å². The van der Waals surface area contributed by atoms with Crippen molar-refractivity contribution in [1.29, 1.82) is 0 Å². The van der Waals surface area contributed by atoms with Crippen molar-refractivity contribution in [3.63, 3.8) is 0 Å². The Morgan fingerprint density at radius 2 is 1.93 bits per heavy atom. The fourth-order valence-electron chi connectivity index (χ4n) is 3.20. The molecule has 0 fully saturated rings. The molecule has 2 aromatic carbocycles. The number of aliphatic imine (C=N–C) groups is 1. The molecule has 0 unspecified atom stereocenters. The number of para-hydroxylation sites is 2. The largest absolute Gasteiger partial charge is 0.356 e. The van der Waals surface area contributed by atoms with Crippen LogP contribution in [0.4, 0.5) is 0 Å². The van der Waals surface area contributed by atoms with E-state index in [1.807, 2.05) is 48.8 Å². The lowest BCUT2D eigenvalue weighted by Gasteiger charge is -2.12. The third kappa shape index (κ3) is 5.57. The lowest BCUT2D eigenvalue weighted by molar-refractivity contribution is 0.0963. The highest BCUT2D eigenvalue weighted by Crippen LogP contribution is 2.11. The second-order valence-electron chi connectivity index (χ2n) is 6.74. The number of amides is 1. The average molecular weight is 393 g/mol. The Hall–Kier alpha value is -3.35. The maximum atomic E-state index is 11.7. The van der Waals surface area contributed by atoms with Crippen LogP contribution in [0.2, 0.25) is 0 Å². The highest BCUT2D eigenvalue weighted by atomic mass is 16.1. The molecule has 0 aliphatic rings. The van der Waals surface area contributed by atoms with Gasteiger partial charge in [-0.1, -0.05) is 24.3 Å². The van der Waals surface area contributed by atoms with E-state index in [1.165, 1.54) is 0 Å². The summed E-state index contributed by atoms with van der Waals surface area (Å²) in [5.41, 5.74) is 3.98. The van der Waals surface area contributed by atoms with Gasteiger partial charge in [-0.3, -0.25) is 9.79 Å². The first kappa shape index (κ1) is 20.4. The molecule has 0 saturated heterocycles. The van der Waals surface area contributed by atoms with Crippen LogP contribution in [0.3, 0.4) is 0 Å². The number of benzene rings is 2. The minimum atomic E-state index is -0.0667. The Bertz CT molecular complexity index is 978. The standard InChI is InChI=1S/C22H28N6O/c1-23-21(29)18-8-5-7-17(15-18)11-13-26-22(24-2)25-12-6-14-28-16-27-19-9-3-4-10-20(19)28/h3-5,7-10,15-16H,6,11-14H2,1-2H3,(H,23,29)(H2,24,25,26). The number of carbonyl (C=O) groups excluding carboxylic acids is 1. The Morgan fingerprint density at radius 1 is 1.10 bits per heavy atom. The number of aromatic nitrogens is 2. The maximum absolute atomic E-state index is 11.7. The molecule has 1 aromatic heterocycles. The van der Waals surface area contributed by atoms with Gasteiger partial charge in [0.05, 0.1) is 17.4 Å². The summed E-state index contributed by atoms with van der Waals surface area (Å²) in [6, 6.07) is 15.8. The Kier molecular flexibility index (Phi) is 7.22. The van der Waals surface area contributed by atoms with Gasteiger partial charge in [-0.2, -0.15) is 0 Å². The summed E-state index contributed by atoms with van der Waals surface area (Å²) in [5, 5.41) is 9.32. The fourth-order valence-corrected chi connectivity index (χ4v) is 3.20. The van der Waals surface area contributed by atoms with E-state index >= 15 is 0 Å². The van der Waals surface area contributed by atoms with Gasteiger partial charge in [0.25, 0.3) is 5.91 Å². The molecule has 3 N–H and O–H groups in total. The highest BCUT2D eigenvalue weighted by molar-refractivity contribution is 5.94. The fraction of sp³-hybridized carbons (Fsp3) is 0.318. The van der Waals surface area contributed by atoms with E-state index in [4.69, 9.17) is 0 Å². The third-order valence-electron chi connectivity index (χ3n) is 4.74. The zero-order valence-corrected chi connectivity index (χ0v) is 17.0. The highest BCUT2D eigenvalue weighted by Gasteiger charge is 2.04. The Labute approximate surface area is 171 Å². The minimum absolute atomic E-state index is 0.0667. The number of carbonyl (C=O) groups is 1. The monoisotopic (exact) mass is 392 g/mol. The van der Waals surface area contributed by atoms with Crippen molar-refractivity contribution in [2.24, 2.45) is 4.99 Å². The lowest BCUT2D eigenvalue weighted by atomic mass is 10.1. The summed E-state index contributed by atoms with van der Waals surface area (Å²) in [5.74, 6) is 0.714. The quantitative estimate of drug-likeness (QED) is 0.312. The third-order valence-corrected chi connectivity index (χ3v) is 4.74. The smallest absolute Gasteiger partial charge is 0.251 e. The predicted molar refractivity (Wildman–Crippen MR) is 117 cm³/mol. The van der Waals surface area contributed by atoms with E-state index < -0.39 is 0 Å². The summed E-state index contributed by atoms with van der Waals surface area (Å²) < 4.78 is 2.17. The van der Waals surface area contributed by atoms with Crippen LogP contribution in [0.1, 0.15) is 22.3 Å². The molecule has 7 heteroatoms. The summed E-state index contributed by atoms with van der Waals surface area (Å²) in [6.45, 7) is 2.46. The van der Waals surface area contributed by atoms with Crippen LogP contribution in [-0.4, -0.2) is 48.6 Å². The molecule has 3 rings (SSSR count). The summed E-state index contributed by atoms with van der Waals surface area (Å²) in [4.78, 5) is 20.4. The normalized spacial score (nSPS) is 11.4. The summed E-state index contributed by atoms with van der Waals surface area (Å²) in [7, 11) is 3.41. The van der Waals surface area contributed by atoms with Gasteiger partial charge in [0.15, 0.2) is 5.96 Å².